The first-order chi connectivity index (χ1) is 12.7. The van der Waals surface area contributed by atoms with E-state index in [0.717, 1.165) is 5.56 Å². The molecular formula is C18H12Cl2N4O2. The van der Waals surface area contributed by atoms with E-state index in [-0.39, 0.29) is 0 Å². The van der Waals surface area contributed by atoms with E-state index in [1.807, 2.05) is 24.3 Å². The Balaban J connectivity index is 1.80. The van der Waals surface area contributed by atoms with Crippen molar-refractivity contribution in [1.82, 2.24) is 19.8 Å². The van der Waals surface area contributed by atoms with Crippen LogP contribution in [0.25, 0.3) is 17.0 Å². The average molecular weight is 387 g/mol. The number of hydrogen-bond donors (Lipinski definition) is 0. The summed E-state index contributed by atoms with van der Waals surface area (Å²) in [7, 11) is 1.60. The van der Waals surface area contributed by atoms with Crippen LogP contribution in [0.1, 0.15) is 0 Å². The molecule has 6 nitrogen and oxygen atoms in total. The summed E-state index contributed by atoms with van der Waals surface area (Å²) in [6.45, 7) is 0. The zero-order valence-electron chi connectivity index (χ0n) is 13.6. The molecule has 8 heteroatoms. The smallest absolute Gasteiger partial charge is 0.237 e. The average Bonchev–Trinajstić information content (AvgIpc) is 3.08. The van der Waals surface area contributed by atoms with Gasteiger partial charge in [0.15, 0.2) is 17.2 Å². The molecule has 4 aromatic rings. The van der Waals surface area contributed by atoms with E-state index in [1.165, 1.54) is 0 Å². The van der Waals surface area contributed by atoms with Gasteiger partial charge in [-0.1, -0.05) is 41.4 Å². The number of para-hydroxylation sites is 2. The van der Waals surface area contributed by atoms with Crippen molar-refractivity contribution in [3.63, 3.8) is 0 Å². The first-order valence-corrected chi connectivity index (χ1v) is 8.40. The molecular weight excluding hydrogens is 375 g/mol. The first kappa shape index (κ1) is 16.6. The lowest BCUT2D eigenvalue weighted by Crippen LogP contribution is -1.99. The highest BCUT2D eigenvalue weighted by Gasteiger charge is 2.15. The molecule has 0 N–H and O–H groups in total. The van der Waals surface area contributed by atoms with Crippen molar-refractivity contribution in [2.75, 3.05) is 7.11 Å². The predicted octanol–water partition coefficient (Wildman–Crippen LogP) is 4.90. The summed E-state index contributed by atoms with van der Waals surface area (Å²) >= 11 is 12.3. The van der Waals surface area contributed by atoms with Crippen LogP contribution < -0.4 is 9.47 Å². The second-order valence-electron chi connectivity index (χ2n) is 5.32. The molecule has 0 saturated carbocycles. The lowest BCUT2D eigenvalue weighted by molar-refractivity contribution is 0.416. The highest BCUT2D eigenvalue weighted by molar-refractivity contribution is 6.37. The second-order valence-corrected chi connectivity index (χ2v) is 6.13. The largest absolute Gasteiger partial charge is 0.496 e. The lowest BCUT2D eigenvalue weighted by atomic mass is 10.2. The van der Waals surface area contributed by atoms with Gasteiger partial charge in [0.1, 0.15) is 5.75 Å². The van der Waals surface area contributed by atoms with E-state index in [9.17, 15) is 0 Å². The van der Waals surface area contributed by atoms with E-state index in [1.54, 1.807) is 42.0 Å². The van der Waals surface area contributed by atoms with E-state index >= 15 is 0 Å². The highest BCUT2D eigenvalue weighted by atomic mass is 35.5. The molecule has 4 rings (SSSR count). The molecule has 0 radical (unpaired) electrons. The van der Waals surface area contributed by atoms with Crippen LogP contribution in [-0.2, 0) is 0 Å². The fourth-order valence-electron chi connectivity index (χ4n) is 2.51. The van der Waals surface area contributed by atoms with E-state index in [2.05, 4.69) is 15.3 Å². The lowest BCUT2D eigenvalue weighted by Gasteiger charge is -2.09. The number of nitrogens with zero attached hydrogens (tertiary/aromatic N) is 4. The molecule has 0 aliphatic carbocycles. The third kappa shape index (κ3) is 2.94. The Morgan fingerprint density at radius 2 is 1.65 bits per heavy atom. The van der Waals surface area contributed by atoms with Crippen LogP contribution >= 0.6 is 23.2 Å². The van der Waals surface area contributed by atoms with Crippen molar-refractivity contribution in [3.8, 4) is 28.8 Å². The van der Waals surface area contributed by atoms with Crippen LogP contribution in [0, 0.1) is 0 Å². The minimum absolute atomic E-state index is 0.309. The van der Waals surface area contributed by atoms with E-state index < -0.39 is 0 Å². The number of rotatable bonds is 4. The second kappa shape index (κ2) is 6.82. The molecule has 0 aliphatic heterocycles. The number of fused-ring (bicyclic) bond motifs is 1. The minimum Gasteiger partial charge on any atom is -0.496 e. The number of ether oxygens (including phenoxy) is 2. The fraction of sp³-hybridized carbons (Fsp3) is 0.0556. The molecule has 0 aliphatic rings. The summed E-state index contributed by atoms with van der Waals surface area (Å²) in [6, 6.07) is 16.1. The molecule has 0 fully saturated rings. The van der Waals surface area contributed by atoms with E-state index in [4.69, 9.17) is 32.7 Å². The molecule has 2 aromatic carbocycles. The predicted molar refractivity (Wildman–Crippen MR) is 99.3 cm³/mol. The van der Waals surface area contributed by atoms with Crippen LogP contribution in [0.3, 0.4) is 0 Å². The van der Waals surface area contributed by atoms with Gasteiger partial charge in [-0.2, -0.15) is 4.52 Å². The van der Waals surface area contributed by atoms with Crippen molar-refractivity contribution in [3.05, 3.63) is 64.6 Å². The molecule has 0 saturated heterocycles. The van der Waals surface area contributed by atoms with Crippen LogP contribution in [0.15, 0.2) is 54.6 Å². The Bertz CT molecular complexity index is 1080. The van der Waals surface area contributed by atoms with Gasteiger partial charge < -0.3 is 9.47 Å². The zero-order valence-corrected chi connectivity index (χ0v) is 15.1. The topological polar surface area (TPSA) is 61.5 Å². The van der Waals surface area contributed by atoms with Gasteiger partial charge in [0.25, 0.3) is 0 Å². The van der Waals surface area contributed by atoms with Crippen LogP contribution in [0.2, 0.25) is 10.0 Å². The molecule has 2 heterocycles. The molecule has 0 atom stereocenters. The summed E-state index contributed by atoms with van der Waals surface area (Å²) in [5, 5.41) is 13.6. The normalized spacial score (nSPS) is 10.9. The van der Waals surface area contributed by atoms with Gasteiger partial charge in [0, 0.05) is 6.07 Å². The number of benzene rings is 2. The number of hydrogen-bond acceptors (Lipinski definition) is 5. The summed E-state index contributed by atoms with van der Waals surface area (Å²) in [6.07, 6.45) is 0. The van der Waals surface area contributed by atoms with Gasteiger partial charge in [-0.15, -0.1) is 15.3 Å². The highest BCUT2D eigenvalue weighted by Crippen LogP contribution is 2.35. The van der Waals surface area contributed by atoms with Gasteiger partial charge in [0.05, 0.1) is 22.7 Å². The fourth-order valence-corrected chi connectivity index (χ4v) is 2.98. The Kier molecular flexibility index (Phi) is 4.36. The third-order valence-electron chi connectivity index (χ3n) is 3.71. The third-order valence-corrected chi connectivity index (χ3v) is 4.31. The molecule has 130 valence electrons. The molecule has 0 spiro atoms. The summed E-state index contributed by atoms with van der Waals surface area (Å²) < 4.78 is 12.8. The number of halogens is 2. The molecule has 26 heavy (non-hydrogen) atoms. The zero-order chi connectivity index (χ0) is 18.1. The number of aromatic nitrogens is 4. The first-order valence-electron chi connectivity index (χ1n) is 7.65. The minimum atomic E-state index is 0.309. The number of methoxy groups -OCH3 is 1. The Morgan fingerprint density at radius 1 is 0.885 bits per heavy atom. The van der Waals surface area contributed by atoms with E-state index in [0.29, 0.717) is 38.9 Å². The van der Waals surface area contributed by atoms with Crippen molar-refractivity contribution >= 4 is 28.8 Å². The Hall–Kier alpha value is -2.83. The van der Waals surface area contributed by atoms with Crippen molar-refractivity contribution in [1.29, 1.82) is 0 Å². The SMILES string of the molecule is COc1ccccc1-c1nnc2ccc(Oc3c(Cl)cccc3Cl)nn12. The standard InChI is InChI=1S/C18H12Cl2N4O2/c1-25-14-8-3-2-5-11(14)18-22-21-15-9-10-16(23-24(15)18)26-17-12(19)6-4-7-13(17)20/h2-10H,1H3. The van der Waals surface area contributed by atoms with Crippen LogP contribution in [0.4, 0.5) is 0 Å². The van der Waals surface area contributed by atoms with Gasteiger partial charge in [-0.25, -0.2) is 0 Å². The molecule has 0 bridgehead atoms. The van der Waals surface area contributed by atoms with Gasteiger partial charge in [-0.3, -0.25) is 0 Å². The van der Waals surface area contributed by atoms with Crippen molar-refractivity contribution in [2.45, 2.75) is 0 Å². The van der Waals surface area contributed by atoms with Gasteiger partial charge in [-0.05, 0) is 30.3 Å². The molecule has 0 amide bonds. The maximum Gasteiger partial charge on any atom is 0.237 e. The quantitative estimate of drug-likeness (QED) is 0.499. The summed E-state index contributed by atoms with van der Waals surface area (Å²) in [4.78, 5) is 0. The van der Waals surface area contributed by atoms with Gasteiger partial charge in [0.2, 0.25) is 5.88 Å². The maximum absolute atomic E-state index is 6.16. The monoisotopic (exact) mass is 386 g/mol. The van der Waals surface area contributed by atoms with Crippen LogP contribution in [-0.4, -0.2) is 26.9 Å². The summed E-state index contributed by atoms with van der Waals surface area (Å²) in [5.74, 6) is 1.86. The molecule has 2 aromatic heterocycles. The van der Waals surface area contributed by atoms with Gasteiger partial charge >= 0.3 is 0 Å². The van der Waals surface area contributed by atoms with Crippen LogP contribution in [0.5, 0.6) is 17.4 Å². The molecule has 0 unspecified atom stereocenters. The summed E-state index contributed by atoms with van der Waals surface area (Å²) in [5.41, 5.74) is 1.34. The maximum atomic E-state index is 6.16. The van der Waals surface area contributed by atoms with Crippen molar-refractivity contribution < 1.29 is 9.47 Å². The Morgan fingerprint density at radius 3 is 2.42 bits per heavy atom. The Labute approximate surface area is 158 Å². The van der Waals surface area contributed by atoms with Crippen molar-refractivity contribution in [2.24, 2.45) is 0 Å².